The van der Waals surface area contributed by atoms with Crippen molar-refractivity contribution in [3.63, 3.8) is 0 Å². The first-order chi connectivity index (χ1) is 9.35. The van der Waals surface area contributed by atoms with Crippen LogP contribution < -0.4 is 0 Å². The molecule has 1 unspecified atom stereocenters. The van der Waals surface area contributed by atoms with Gasteiger partial charge in [0.05, 0.1) is 11.9 Å². The molecule has 0 spiro atoms. The van der Waals surface area contributed by atoms with Crippen LogP contribution in [0, 0.1) is 0 Å². The molecule has 2 heterocycles. The topological polar surface area (TPSA) is 30.2 Å². The van der Waals surface area contributed by atoms with E-state index in [-0.39, 0.29) is 0 Å². The number of nitrogens with zero attached hydrogens (tertiary/aromatic N) is 3. The molecule has 0 bridgehead atoms. The SMILES string of the molecule is CCCCCCC(CCC)c1cn2ncccc2n1. The highest BCUT2D eigenvalue weighted by atomic mass is 15.2. The first-order valence-corrected chi connectivity index (χ1v) is 7.65. The molecular formula is C16H25N3. The van der Waals surface area contributed by atoms with Crippen molar-refractivity contribution in [1.82, 2.24) is 14.6 Å². The molecule has 2 rings (SSSR count). The summed E-state index contributed by atoms with van der Waals surface area (Å²) in [6.07, 6.45) is 13.0. The Bertz CT molecular complexity index is 456. The van der Waals surface area contributed by atoms with Gasteiger partial charge in [0.2, 0.25) is 0 Å². The number of fused-ring (bicyclic) bond motifs is 1. The molecule has 0 saturated carbocycles. The van der Waals surface area contributed by atoms with Gasteiger partial charge < -0.3 is 0 Å². The van der Waals surface area contributed by atoms with Crippen LogP contribution in [0.4, 0.5) is 0 Å². The molecular weight excluding hydrogens is 234 g/mol. The van der Waals surface area contributed by atoms with Gasteiger partial charge in [-0.15, -0.1) is 0 Å². The summed E-state index contributed by atoms with van der Waals surface area (Å²) in [7, 11) is 0. The van der Waals surface area contributed by atoms with Gasteiger partial charge in [-0.3, -0.25) is 0 Å². The van der Waals surface area contributed by atoms with E-state index >= 15 is 0 Å². The van der Waals surface area contributed by atoms with E-state index in [1.54, 1.807) is 0 Å². The molecule has 0 radical (unpaired) electrons. The van der Waals surface area contributed by atoms with Crippen LogP contribution in [0.25, 0.3) is 5.65 Å². The molecule has 3 nitrogen and oxygen atoms in total. The van der Waals surface area contributed by atoms with Gasteiger partial charge in [0, 0.05) is 12.1 Å². The van der Waals surface area contributed by atoms with Crippen LogP contribution in [0.2, 0.25) is 0 Å². The maximum Gasteiger partial charge on any atom is 0.153 e. The summed E-state index contributed by atoms with van der Waals surface area (Å²) in [5, 5.41) is 4.31. The highest BCUT2D eigenvalue weighted by Gasteiger charge is 2.14. The smallest absolute Gasteiger partial charge is 0.153 e. The Morgan fingerprint density at radius 2 is 2.00 bits per heavy atom. The van der Waals surface area contributed by atoms with E-state index in [0.29, 0.717) is 5.92 Å². The lowest BCUT2D eigenvalue weighted by molar-refractivity contribution is 0.514. The van der Waals surface area contributed by atoms with Crippen molar-refractivity contribution < 1.29 is 0 Å². The van der Waals surface area contributed by atoms with E-state index in [9.17, 15) is 0 Å². The van der Waals surface area contributed by atoms with E-state index in [1.807, 2.05) is 22.8 Å². The van der Waals surface area contributed by atoms with E-state index < -0.39 is 0 Å². The molecule has 0 fully saturated rings. The molecule has 2 aromatic heterocycles. The maximum atomic E-state index is 4.73. The molecule has 0 saturated heterocycles. The Kier molecular flexibility index (Phi) is 5.37. The lowest BCUT2D eigenvalue weighted by Gasteiger charge is -2.13. The second-order valence-corrected chi connectivity index (χ2v) is 5.33. The zero-order chi connectivity index (χ0) is 13.5. The van der Waals surface area contributed by atoms with Gasteiger partial charge in [0.25, 0.3) is 0 Å². The van der Waals surface area contributed by atoms with Gasteiger partial charge in [-0.25, -0.2) is 9.50 Å². The van der Waals surface area contributed by atoms with Crippen molar-refractivity contribution in [2.24, 2.45) is 0 Å². The highest BCUT2D eigenvalue weighted by Crippen LogP contribution is 2.26. The molecule has 0 aliphatic heterocycles. The lowest BCUT2D eigenvalue weighted by atomic mass is 9.93. The summed E-state index contributed by atoms with van der Waals surface area (Å²) < 4.78 is 1.89. The fourth-order valence-electron chi connectivity index (χ4n) is 2.65. The normalized spacial score (nSPS) is 12.9. The van der Waals surface area contributed by atoms with Gasteiger partial charge in [-0.05, 0) is 25.0 Å². The maximum absolute atomic E-state index is 4.73. The number of unbranched alkanes of at least 4 members (excludes halogenated alkanes) is 3. The van der Waals surface area contributed by atoms with Crippen molar-refractivity contribution in [3.8, 4) is 0 Å². The Labute approximate surface area is 116 Å². The number of hydrogen-bond acceptors (Lipinski definition) is 2. The van der Waals surface area contributed by atoms with Gasteiger partial charge in [-0.2, -0.15) is 5.10 Å². The van der Waals surface area contributed by atoms with Crippen LogP contribution in [-0.2, 0) is 0 Å². The summed E-state index contributed by atoms with van der Waals surface area (Å²) in [6, 6.07) is 3.97. The van der Waals surface area contributed by atoms with Crippen molar-refractivity contribution in [2.75, 3.05) is 0 Å². The standard InChI is InChI=1S/C16H25N3/c1-3-5-6-7-10-14(9-4-2)15-13-19-16(18-15)11-8-12-17-19/h8,11-14H,3-7,9-10H2,1-2H3. The zero-order valence-corrected chi connectivity index (χ0v) is 12.2. The number of hydrogen-bond donors (Lipinski definition) is 0. The third kappa shape index (κ3) is 3.79. The summed E-state index contributed by atoms with van der Waals surface area (Å²) in [4.78, 5) is 4.73. The average molecular weight is 259 g/mol. The van der Waals surface area contributed by atoms with E-state index in [1.165, 1.54) is 50.6 Å². The molecule has 0 aliphatic carbocycles. The van der Waals surface area contributed by atoms with E-state index in [0.717, 1.165) is 5.65 Å². The Morgan fingerprint density at radius 1 is 1.11 bits per heavy atom. The summed E-state index contributed by atoms with van der Waals surface area (Å²) >= 11 is 0. The molecule has 2 aromatic rings. The second kappa shape index (κ2) is 7.27. The third-order valence-electron chi connectivity index (χ3n) is 3.72. The predicted octanol–water partition coefficient (Wildman–Crippen LogP) is 4.58. The molecule has 104 valence electrons. The lowest BCUT2D eigenvalue weighted by Crippen LogP contribution is -1.99. The van der Waals surface area contributed by atoms with E-state index in [2.05, 4.69) is 25.1 Å². The van der Waals surface area contributed by atoms with Crippen LogP contribution in [0.3, 0.4) is 0 Å². The van der Waals surface area contributed by atoms with Gasteiger partial charge in [0.1, 0.15) is 0 Å². The van der Waals surface area contributed by atoms with Gasteiger partial charge >= 0.3 is 0 Å². The fourth-order valence-corrected chi connectivity index (χ4v) is 2.65. The summed E-state index contributed by atoms with van der Waals surface area (Å²) in [5.74, 6) is 0.601. The van der Waals surface area contributed by atoms with Crippen molar-refractivity contribution in [2.45, 2.75) is 64.7 Å². The quantitative estimate of drug-likeness (QED) is 0.649. The summed E-state index contributed by atoms with van der Waals surface area (Å²) in [5.41, 5.74) is 2.18. The zero-order valence-electron chi connectivity index (χ0n) is 12.2. The molecule has 1 atom stereocenters. The molecule has 0 N–H and O–H groups in total. The van der Waals surface area contributed by atoms with Crippen molar-refractivity contribution in [3.05, 3.63) is 30.2 Å². The third-order valence-corrected chi connectivity index (χ3v) is 3.72. The minimum atomic E-state index is 0.601. The van der Waals surface area contributed by atoms with Crippen LogP contribution in [0.5, 0.6) is 0 Å². The minimum Gasteiger partial charge on any atom is -0.232 e. The van der Waals surface area contributed by atoms with Crippen LogP contribution in [0.1, 0.15) is 70.4 Å². The Balaban J connectivity index is 2.04. The van der Waals surface area contributed by atoms with Gasteiger partial charge in [-0.1, -0.05) is 46.0 Å². The molecule has 0 aromatic carbocycles. The Morgan fingerprint density at radius 3 is 2.74 bits per heavy atom. The monoisotopic (exact) mass is 259 g/mol. The van der Waals surface area contributed by atoms with Gasteiger partial charge in [0.15, 0.2) is 5.65 Å². The van der Waals surface area contributed by atoms with Crippen LogP contribution in [-0.4, -0.2) is 14.6 Å². The minimum absolute atomic E-state index is 0.601. The summed E-state index contributed by atoms with van der Waals surface area (Å²) in [6.45, 7) is 4.52. The molecule has 19 heavy (non-hydrogen) atoms. The number of imidazole rings is 1. The first-order valence-electron chi connectivity index (χ1n) is 7.65. The number of rotatable bonds is 8. The Hall–Kier alpha value is -1.38. The predicted molar refractivity (Wildman–Crippen MR) is 79.4 cm³/mol. The van der Waals surface area contributed by atoms with Crippen LogP contribution in [0.15, 0.2) is 24.5 Å². The van der Waals surface area contributed by atoms with Crippen LogP contribution >= 0.6 is 0 Å². The fraction of sp³-hybridized carbons (Fsp3) is 0.625. The van der Waals surface area contributed by atoms with Crippen molar-refractivity contribution >= 4 is 5.65 Å². The van der Waals surface area contributed by atoms with Crippen molar-refractivity contribution in [1.29, 1.82) is 0 Å². The number of aromatic nitrogens is 3. The largest absolute Gasteiger partial charge is 0.232 e. The average Bonchev–Trinajstić information content (AvgIpc) is 2.86. The molecule has 0 amide bonds. The highest BCUT2D eigenvalue weighted by molar-refractivity contribution is 5.38. The second-order valence-electron chi connectivity index (χ2n) is 5.33. The molecule has 3 heteroatoms. The molecule has 0 aliphatic rings. The first kappa shape index (κ1) is 14.0. The van der Waals surface area contributed by atoms with E-state index in [4.69, 9.17) is 4.98 Å².